The first kappa shape index (κ1) is 9.44. The first-order valence-corrected chi connectivity index (χ1v) is 4.67. The fraction of sp³-hybridized carbons (Fsp3) is 0.571. The smallest absolute Gasteiger partial charge is 0.197 e. The summed E-state index contributed by atoms with van der Waals surface area (Å²) in [6, 6.07) is 0. The molecular formula is C7H13N3OS. The Balaban J connectivity index is 2.31. The molecule has 5 heteroatoms. The van der Waals surface area contributed by atoms with Gasteiger partial charge in [0.15, 0.2) is 5.13 Å². The molecule has 0 unspecified atom stereocenters. The van der Waals surface area contributed by atoms with Gasteiger partial charge in [-0.2, -0.15) is 0 Å². The van der Waals surface area contributed by atoms with Crippen LogP contribution in [0.3, 0.4) is 0 Å². The highest BCUT2D eigenvalue weighted by Gasteiger charge is 1.98. The number of aromatic nitrogens is 1. The van der Waals surface area contributed by atoms with Crippen molar-refractivity contribution in [3.8, 4) is 0 Å². The minimum absolute atomic E-state index is 0.632. The van der Waals surface area contributed by atoms with Crippen molar-refractivity contribution >= 4 is 16.5 Å². The molecule has 0 saturated heterocycles. The number of nitrogens with zero attached hydrogens (tertiary/aromatic N) is 1. The van der Waals surface area contributed by atoms with Crippen molar-refractivity contribution in [2.75, 3.05) is 12.0 Å². The van der Waals surface area contributed by atoms with E-state index in [0.29, 0.717) is 6.61 Å². The number of nitrogens with one attached hydrogen (secondary N) is 1. The molecule has 3 N–H and O–H groups in total. The average Bonchev–Trinajstić information content (AvgIpc) is 2.53. The summed E-state index contributed by atoms with van der Waals surface area (Å²) in [6.45, 7) is 3.51. The molecule has 0 saturated carbocycles. The molecule has 0 amide bonds. The predicted molar refractivity (Wildman–Crippen MR) is 49.9 cm³/mol. The number of nitrogen functional groups attached to an aromatic ring is 1. The van der Waals surface area contributed by atoms with Gasteiger partial charge in [0, 0.05) is 12.8 Å². The molecule has 0 atom stereocenters. The van der Waals surface area contributed by atoms with Gasteiger partial charge in [0.1, 0.15) is 0 Å². The normalized spacial score (nSPS) is 10.2. The van der Waals surface area contributed by atoms with Crippen LogP contribution in [0.2, 0.25) is 0 Å². The Morgan fingerprint density at radius 1 is 1.75 bits per heavy atom. The molecule has 0 radical (unpaired) electrons. The van der Waals surface area contributed by atoms with E-state index in [2.05, 4.69) is 17.3 Å². The molecule has 68 valence electrons. The first-order valence-electron chi connectivity index (χ1n) is 3.86. The minimum Gasteiger partial charge on any atom is -0.376 e. The third kappa shape index (κ3) is 2.77. The second kappa shape index (κ2) is 5.08. The van der Waals surface area contributed by atoms with Gasteiger partial charge in [-0.25, -0.2) is 10.8 Å². The lowest BCUT2D eigenvalue weighted by Gasteiger charge is -1.97. The quantitative estimate of drug-likeness (QED) is 0.415. The second-order valence-corrected chi connectivity index (χ2v) is 3.44. The fourth-order valence-electron chi connectivity index (χ4n) is 0.758. The van der Waals surface area contributed by atoms with E-state index in [4.69, 9.17) is 10.6 Å². The van der Waals surface area contributed by atoms with E-state index in [-0.39, 0.29) is 0 Å². The molecule has 0 aliphatic rings. The van der Waals surface area contributed by atoms with Gasteiger partial charge < -0.3 is 4.74 Å². The van der Waals surface area contributed by atoms with Gasteiger partial charge in [0.2, 0.25) is 0 Å². The largest absolute Gasteiger partial charge is 0.376 e. The maximum atomic E-state index is 5.33. The zero-order chi connectivity index (χ0) is 8.81. The SMILES string of the molecule is CCCOCc1cnc(NN)s1. The number of hydrogen-bond acceptors (Lipinski definition) is 5. The molecule has 0 aromatic carbocycles. The van der Waals surface area contributed by atoms with Crippen LogP contribution in [0.4, 0.5) is 5.13 Å². The summed E-state index contributed by atoms with van der Waals surface area (Å²) in [4.78, 5) is 5.11. The highest BCUT2D eigenvalue weighted by molar-refractivity contribution is 7.15. The van der Waals surface area contributed by atoms with Crippen LogP contribution in [0.5, 0.6) is 0 Å². The number of hydrazine groups is 1. The zero-order valence-electron chi connectivity index (χ0n) is 7.04. The van der Waals surface area contributed by atoms with Crippen LogP contribution in [0, 0.1) is 0 Å². The third-order valence-corrected chi connectivity index (χ3v) is 2.17. The fourth-order valence-corrected chi connectivity index (χ4v) is 1.42. The van der Waals surface area contributed by atoms with Crippen LogP contribution >= 0.6 is 11.3 Å². The minimum atomic E-state index is 0.632. The van der Waals surface area contributed by atoms with Gasteiger partial charge >= 0.3 is 0 Å². The van der Waals surface area contributed by atoms with Crippen LogP contribution in [0.15, 0.2) is 6.20 Å². The van der Waals surface area contributed by atoms with Gasteiger partial charge in [-0.15, -0.1) is 0 Å². The lowest BCUT2D eigenvalue weighted by Crippen LogP contribution is -2.05. The van der Waals surface area contributed by atoms with Crippen LogP contribution in [0.25, 0.3) is 0 Å². The van der Waals surface area contributed by atoms with E-state index >= 15 is 0 Å². The maximum Gasteiger partial charge on any atom is 0.197 e. The van der Waals surface area contributed by atoms with Crippen molar-refractivity contribution in [1.29, 1.82) is 0 Å². The molecule has 0 aliphatic carbocycles. The van der Waals surface area contributed by atoms with Gasteiger partial charge in [0.05, 0.1) is 11.5 Å². The standard InChI is InChI=1S/C7H13N3OS/c1-2-3-11-5-6-4-9-7(10-8)12-6/h4H,2-3,5,8H2,1H3,(H,9,10). The molecule has 4 nitrogen and oxygen atoms in total. The monoisotopic (exact) mass is 187 g/mol. The van der Waals surface area contributed by atoms with Gasteiger partial charge in [-0.1, -0.05) is 18.3 Å². The molecule has 1 aromatic rings. The number of ether oxygens (including phenoxy) is 1. The number of anilines is 1. The van der Waals surface area contributed by atoms with Crippen molar-refractivity contribution in [2.45, 2.75) is 20.0 Å². The Morgan fingerprint density at radius 3 is 3.17 bits per heavy atom. The number of nitrogens with two attached hydrogens (primary N) is 1. The first-order chi connectivity index (χ1) is 5.86. The predicted octanol–water partition coefficient (Wildman–Crippen LogP) is 1.36. The summed E-state index contributed by atoms with van der Waals surface area (Å²) in [5.41, 5.74) is 2.49. The molecule has 1 heterocycles. The second-order valence-electron chi connectivity index (χ2n) is 2.33. The summed E-state index contributed by atoms with van der Waals surface area (Å²) < 4.78 is 5.33. The van der Waals surface area contributed by atoms with E-state index in [1.54, 1.807) is 6.20 Å². The topological polar surface area (TPSA) is 60.2 Å². The summed E-state index contributed by atoms with van der Waals surface area (Å²) >= 11 is 1.51. The van der Waals surface area contributed by atoms with Crippen LogP contribution < -0.4 is 11.3 Å². The molecule has 0 aliphatic heterocycles. The number of thiazole rings is 1. The summed E-state index contributed by atoms with van der Waals surface area (Å²) in [5.74, 6) is 5.18. The van der Waals surface area contributed by atoms with Crippen molar-refractivity contribution in [2.24, 2.45) is 5.84 Å². The zero-order valence-corrected chi connectivity index (χ0v) is 7.86. The molecule has 0 spiro atoms. The van der Waals surface area contributed by atoms with E-state index in [9.17, 15) is 0 Å². The molecular weight excluding hydrogens is 174 g/mol. The van der Waals surface area contributed by atoms with Crippen LogP contribution in [-0.2, 0) is 11.3 Å². The molecule has 1 rings (SSSR count). The highest BCUT2D eigenvalue weighted by atomic mass is 32.1. The number of rotatable bonds is 5. The van der Waals surface area contributed by atoms with Gasteiger partial charge in [-0.05, 0) is 6.42 Å². The van der Waals surface area contributed by atoms with Crippen molar-refractivity contribution < 1.29 is 4.74 Å². The van der Waals surface area contributed by atoms with Gasteiger partial charge in [-0.3, -0.25) is 5.43 Å². The van der Waals surface area contributed by atoms with Crippen molar-refractivity contribution in [1.82, 2.24) is 4.98 Å². The lowest BCUT2D eigenvalue weighted by molar-refractivity contribution is 0.123. The van der Waals surface area contributed by atoms with E-state index in [1.807, 2.05) is 0 Å². The van der Waals surface area contributed by atoms with E-state index in [1.165, 1.54) is 11.3 Å². The third-order valence-electron chi connectivity index (χ3n) is 1.27. The van der Waals surface area contributed by atoms with Crippen molar-refractivity contribution in [3.63, 3.8) is 0 Å². The highest BCUT2D eigenvalue weighted by Crippen LogP contribution is 2.17. The molecule has 0 bridgehead atoms. The van der Waals surface area contributed by atoms with Crippen molar-refractivity contribution in [3.05, 3.63) is 11.1 Å². The lowest BCUT2D eigenvalue weighted by atomic mass is 10.5. The Labute approximate surface area is 75.7 Å². The van der Waals surface area contributed by atoms with Crippen LogP contribution in [0.1, 0.15) is 18.2 Å². The maximum absolute atomic E-state index is 5.33. The summed E-state index contributed by atoms with van der Waals surface area (Å²) in [6.07, 6.45) is 2.82. The van der Waals surface area contributed by atoms with Gasteiger partial charge in [0.25, 0.3) is 0 Å². The Kier molecular flexibility index (Phi) is 3.99. The van der Waals surface area contributed by atoms with E-state index in [0.717, 1.165) is 23.0 Å². The summed E-state index contributed by atoms with van der Waals surface area (Å²) in [5, 5.41) is 0.727. The number of hydrogen-bond donors (Lipinski definition) is 2. The van der Waals surface area contributed by atoms with Crippen LogP contribution in [-0.4, -0.2) is 11.6 Å². The average molecular weight is 187 g/mol. The molecule has 12 heavy (non-hydrogen) atoms. The molecule has 0 fully saturated rings. The molecule has 1 aromatic heterocycles. The van der Waals surface area contributed by atoms with E-state index < -0.39 is 0 Å². The Bertz CT molecular complexity index is 226. The summed E-state index contributed by atoms with van der Waals surface area (Å²) in [7, 11) is 0. The Hall–Kier alpha value is -0.650. The Morgan fingerprint density at radius 2 is 2.58 bits per heavy atom.